The average Bonchev–Trinajstić information content (AvgIpc) is 2.44. The topological polar surface area (TPSA) is 50.4 Å². The van der Waals surface area contributed by atoms with E-state index in [4.69, 9.17) is 4.74 Å². The Kier molecular flexibility index (Phi) is 6.36. The third kappa shape index (κ3) is 4.91. The lowest BCUT2D eigenvalue weighted by atomic mass is 10.1. The molecule has 0 fully saturated rings. The number of methoxy groups -OCH3 is 1. The minimum atomic E-state index is -0.0343. The molecule has 0 saturated carbocycles. The number of ether oxygens (including phenoxy) is 1. The summed E-state index contributed by atoms with van der Waals surface area (Å²) in [5.41, 5.74) is 1.04. The average molecular weight is 264 g/mol. The first kappa shape index (κ1) is 15.5. The van der Waals surface area contributed by atoms with Crippen LogP contribution >= 0.6 is 0 Å². The standard InChI is InChI=1S/C15H24N2O2/c1-5-16-10-11(2)15(18)17-12(3)13-7-6-8-14(9-13)19-4/h6-9,11-12,16H,5,10H2,1-4H3,(H,17,18)/t11?,12-/m1/s1. The van der Waals surface area contributed by atoms with E-state index in [-0.39, 0.29) is 17.9 Å². The van der Waals surface area contributed by atoms with E-state index in [1.807, 2.05) is 45.0 Å². The monoisotopic (exact) mass is 264 g/mol. The molecule has 1 aromatic rings. The molecule has 4 heteroatoms. The number of nitrogens with one attached hydrogen (secondary N) is 2. The Bertz CT molecular complexity index is 407. The van der Waals surface area contributed by atoms with Crippen molar-refractivity contribution >= 4 is 5.91 Å². The van der Waals surface area contributed by atoms with Crippen LogP contribution in [0.15, 0.2) is 24.3 Å². The van der Waals surface area contributed by atoms with Crippen LogP contribution in [0.5, 0.6) is 5.75 Å². The highest BCUT2D eigenvalue weighted by Gasteiger charge is 2.15. The van der Waals surface area contributed by atoms with Gasteiger partial charge >= 0.3 is 0 Å². The second kappa shape index (κ2) is 7.79. The van der Waals surface area contributed by atoms with Gasteiger partial charge in [-0.3, -0.25) is 4.79 Å². The molecule has 0 spiro atoms. The Morgan fingerprint density at radius 1 is 1.37 bits per heavy atom. The lowest BCUT2D eigenvalue weighted by molar-refractivity contribution is -0.125. The van der Waals surface area contributed by atoms with Crippen molar-refractivity contribution in [2.75, 3.05) is 20.2 Å². The second-order valence-corrected chi connectivity index (χ2v) is 4.72. The van der Waals surface area contributed by atoms with Gasteiger partial charge in [0.15, 0.2) is 0 Å². The fourth-order valence-electron chi connectivity index (χ4n) is 1.80. The molecule has 0 radical (unpaired) electrons. The quantitative estimate of drug-likeness (QED) is 0.793. The zero-order valence-corrected chi connectivity index (χ0v) is 12.2. The van der Waals surface area contributed by atoms with Crippen molar-refractivity contribution in [2.24, 2.45) is 5.92 Å². The van der Waals surface area contributed by atoms with E-state index in [1.165, 1.54) is 0 Å². The predicted molar refractivity (Wildman–Crippen MR) is 77.3 cm³/mol. The summed E-state index contributed by atoms with van der Waals surface area (Å²) < 4.78 is 5.19. The normalized spacial score (nSPS) is 13.7. The van der Waals surface area contributed by atoms with Gasteiger partial charge in [0, 0.05) is 12.5 Å². The van der Waals surface area contributed by atoms with Gasteiger partial charge < -0.3 is 15.4 Å². The summed E-state index contributed by atoms with van der Waals surface area (Å²) in [5.74, 6) is 0.837. The van der Waals surface area contributed by atoms with Crippen molar-refractivity contribution in [2.45, 2.75) is 26.8 Å². The summed E-state index contributed by atoms with van der Waals surface area (Å²) in [7, 11) is 1.64. The molecule has 2 N–H and O–H groups in total. The zero-order valence-electron chi connectivity index (χ0n) is 12.2. The number of carbonyl (C=O) groups is 1. The molecule has 1 unspecified atom stereocenters. The van der Waals surface area contributed by atoms with Crippen LogP contribution in [-0.2, 0) is 4.79 Å². The van der Waals surface area contributed by atoms with Crippen LogP contribution in [-0.4, -0.2) is 26.1 Å². The van der Waals surface area contributed by atoms with E-state index < -0.39 is 0 Å². The van der Waals surface area contributed by atoms with Crippen molar-refractivity contribution in [3.63, 3.8) is 0 Å². The Labute approximate surface area is 115 Å². The van der Waals surface area contributed by atoms with Crippen molar-refractivity contribution < 1.29 is 9.53 Å². The zero-order chi connectivity index (χ0) is 14.3. The van der Waals surface area contributed by atoms with Gasteiger partial charge in [-0.1, -0.05) is 26.0 Å². The molecule has 0 aliphatic carbocycles. The molecule has 106 valence electrons. The Hall–Kier alpha value is -1.55. The van der Waals surface area contributed by atoms with Crippen LogP contribution in [0.3, 0.4) is 0 Å². The van der Waals surface area contributed by atoms with E-state index in [0.717, 1.165) is 17.9 Å². The number of hydrogen-bond acceptors (Lipinski definition) is 3. The van der Waals surface area contributed by atoms with Crippen molar-refractivity contribution in [1.29, 1.82) is 0 Å². The fourth-order valence-corrected chi connectivity index (χ4v) is 1.80. The number of benzene rings is 1. The lowest BCUT2D eigenvalue weighted by Gasteiger charge is -2.18. The van der Waals surface area contributed by atoms with Crippen LogP contribution in [0.4, 0.5) is 0 Å². The third-order valence-corrected chi connectivity index (χ3v) is 3.10. The summed E-state index contributed by atoms with van der Waals surface area (Å²) in [6.07, 6.45) is 0. The largest absolute Gasteiger partial charge is 0.497 e. The van der Waals surface area contributed by atoms with E-state index in [0.29, 0.717) is 6.54 Å². The molecule has 0 aliphatic rings. The number of rotatable bonds is 7. The SMILES string of the molecule is CCNCC(C)C(=O)N[C@H](C)c1cccc(OC)c1. The lowest BCUT2D eigenvalue weighted by Crippen LogP contribution is -2.36. The van der Waals surface area contributed by atoms with Crippen molar-refractivity contribution in [3.8, 4) is 5.75 Å². The van der Waals surface area contributed by atoms with Crippen LogP contribution < -0.4 is 15.4 Å². The van der Waals surface area contributed by atoms with Gasteiger partial charge in [-0.05, 0) is 31.2 Å². The molecule has 0 heterocycles. The van der Waals surface area contributed by atoms with Crippen LogP contribution in [0, 0.1) is 5.92 Å². The second-order valence-electron chi connectivity index (χ2n) is 4.72. The summed E-state index contributed by atoms with van der Waals surface area (Å²) in [5, 5.41) is 6.20. The van der Waals surface area contributed by atoms with E-state index in [1.54, 1.807) is 7.11 Å². The molecule has 0 bridgehead atoms. The highest BCUT2D eigenvalue weighted by atomic mass is 16.5. The van der Waals surface area contributed by atoms with E-state index in [2.05, 4.69) is 10.6 Å². The predicted octanol–water partition coefficient (Wildman–Crippen LogP) is 2.12. The molecule has 0 aromatic heterocycles. The molecule has 0 saturated heterocycles. The summed E-state index contributed by atoms with van der Waals surface area (Å²) in [4.78, 5) is 12.0. The van der Waals surface area contributed by atoms with Crippen molar-refractivity contribution in [1.82, 2.24) is 10.6 Å². The van der Waals surface area contributed by atoms with Gasteiger partial charge in [-0.15, -0.1) is 0 Å². The third-order valence-electron chi connectivity index (χ3n) is 3.10. The number of amides is 1. The highest BCUT2D eigenvalue weighted by Crippen LogP contribution is 2.18. The maximum atomic E-state index is 12.0. The maximum Gasteiger partial charge on any atom is 0.224 e. The van der Waals surface area contributed by atoms with Gasteiger partial charge in [0.1, 0.15) is 5.75 Å². The summed E-state index contributed by atoms with van der Waals surface area (Å²) in [6.45, 7) is 7.52. The fraction of sp³-hybridized carbons (Fsp3) is 0.533. The molecule has 0 aliphatic heterocycles. The molecular formula is C15H24N2O2. The van der Waals surface area contributed by atoms with Crippen LogP contribution in [0.2, 0.25) is 0 Å². The van der Waals surface area contributed by atoms with Gasteiger partial charge in [0.05, 0.1) is 13.2 Å². The van der Waals surface area contributed by atoms with Crippen molar-refractivity contribution in [3.05, 3.63) is 29.8 Å². The molecule has 1 rings (SSSR count). The molecule has 1 amide bonds. The minimum absolute atomic E-state index is 0.0216. The molecule has 1 aromatic carbocycles. The van der Waals surface area contributed by atoms with Gasteiger partial charge in [0.25, 0.3) is 0 Å². The maximum absolute atomic E-state index is 12.0. The molecular weight excluding hydrogens is 240 g/mol. The number of hydrogen-bond donors (Lipinski definition) is 2. The van der Waals surface area contributed by atoms with Crippen LogP contribution in [0.25, 0.3) is 0 Å². The molecule has 4 nitrogen and oxygen atoms in total. The molecule has 19 heavy (non-hydrogen) atoms. The minimum Gasteiger partial charge on any atom is -0.497 e. The first-order valence-electron chi connectivity index (χ1n) is 6.73. The first-order chi connectivity index (χ1) is 9.08. The summed E-state index contributed by atoms with van der Waals surface area (Å²) >= 11 is 0. The summed E-state index contributed by atoms with van der Waals surface area (Å²) in [6, 6.07) is 7.74. The van der Waals surface area contributed by atoms with Gasteiger partial charge in [-0.2, -0.15) is 0 Å². The van der Waals surface area contributed by atoms with Gasteiger partial charge in [0.2, 0.25) is 5.91 Å². The number of carbonyl (C=O) groups excluding carboxylic acids is 1. The first-order valence-corrected chi connectivity index (χ1v) is 6.73. The molecule has 2 atom stereocenters. The Morgan fingerprint density at radius 3 is 2.74 bits per heavy atom. The van der Waals surface area contributed by atoms with Crippen LogP contribution in [0.1, 0.15) is 32.4 Å². The van der Waals surface area contributed by atoms with E-state index in [9.17, 15) is 4.79 Å². The van der Waals surface area contributed by atoms with E-state index >= 15 is 0 Å². The smallest absolute Gasteiger partial charge is 0.224 e. The Morgan fingerprint density at radius 2 is 2.11 bits per heavy atom. The van der Waals surface area contributed by atoms with Gasteiger partial charge in [-0.25, -0.2) is 0 Å². The highest BCUT2D eigenvalue weighted by molar-refractivity contribution is 5.78. The Balaban J connectivity index is 2.58.